The highest BCUT2D eigenvalue weighted by Crippen LogP contribution is 2.45. The summed E-state index contributed by atoms with van der Waals surface area (Å²) >= 11 is 4.05. The van der Waals surface area contributed by atoms with E-state index in [0.29, 0.717) is 17.8 Å². The first-order valence-corrected chi connectivity index (χ1v) is 9.15. The van der Waals surface area contributed by atoms with Gasteiger partial charge in [-0.3, -0.25) is 0 Å². The van der Waals surface area contributed by atoms with Gasteiger partial charge in [0.05, 0.1) is 4.58 Å². The summed E-state index contributed by atoms with van der Waals surface area (Å²) in [5.41, 5.74) is 1.38. The molecule has 0 N–H and O–H groups in total. The van der Waals surface area contributed by atoms with E-state index in [1.54, 1.807) is 0 Å². The fourth-order valence-electron chi connectivity index (χ4n) is 2.11. The summed E-state index contributed by atoms with van der Waals surface area (Å²) in [5, 5.41) is 0. The molecule has 0 radical (unpaired) electrons. The molecular formula is C17H18O2S2. The second-order valence-electron chi connectivity index (χ2n) is 4.65. The molecule has 0 amide bonds. The molecule has 0 aliphatic carbocycles. The lowest BCUT2D eigenvalue weighted by Gasteiger charge is -2.11. The fourth-order valence-corrected chi connectivity index (χ4v) is 4.97. The van der Waals surface area contributed by atoms with Gasteiger partial charge in [0.2, 0.25) is 0 Å². The predicted molar refractivity (Wildman–Crippen MR) is 91.5 cm³/mol. The number of para-hydroxylation sites is 1. The molecular weight excluding hydrogens is 300 g/mol. The first-order chi connectivity index (χ1) is 10.4. The monoisotopic (exact) mass is 318 g/mol. The Balaban J connectivity index is 1.43. The first kappa shape index (κ1) is 14.7. The van der Waals surface area contributed by atoms with Crippen LogP contribution in [0.15, 0.2) is 54.6 Å². The Kier molecular flexibility index (Phi) is 5.35. The molecule has 4 heteroatoms. The van der Waals surface area contributed by atoms with Crippen molar-refractivity contribution in [2.45, 2.75) is 4.58 Å². The van der Waals surface area contributed by atoms with Crippen molar-refractivity contribution in [3.05, 3.63) is 60.2 Å². The highest BCUT2D eigenvalue weighted by Gasteiger charge is 2.17. The Morgan fingerprint density at radius 1 is 0.762 bits per heavy atom. The predicted octanol–water partition coefficient (Wildman–Crippen LogP) is 4.62. The summed E-state index contributed by atoms with van der Waals surface area (Å²) in [5.74, 6) is 4.30. The highest BCUT2D eigenvalue weighted by molar-refractivity contribution is 8.19. The minimum atomic E-state index is 0.556. The molecule has 0 atom stereocenters. The van der Waals surface area contributed by atoms with Gasteiger partial charge in [-0.2, -0.15) is 0 Å². The normalized spacial score (nSPS) is 15.0. The largest absolute Gasteiger partial charge is 0.490 e. The van der Waals surface area contributed by atoms with Crippen molar-refractivity contribution in [1.29, 1.82) is 0 Å². The number of benzene rings is 2. The van der Waals surface area contributed by atoms with Crippen LogP contribution < -0.4 is 9.47 Å². The lowest BCUT2D eigenvalue weighted by atomic mass is 10.2. The SMILES string of the molecule is c1ccc(OCCOc2ccc(C3SCCS3)cc2)cc1. The zero-order chi connectivity index (χ0) is 14.3. The van der Waals surface area contributed by atoms with Gasteiger partial charge in [-0.25, -0.2) is 0 Å². The van der Waals surface area contributed by atoms with Gasteiger partial charge < -0.3 is 9.47 Å². The van der Waals surface area contributed by atoms with Crippen molar-refractivity contribution < 1.29 is 9.47 Å². The topological polar surface area (TPSA) is 18.5 Å². The average molecular weight is 318 g/mol. The van der Waals surface area contributed by atoms with Crippen LogP contribution in [0, 0.1) is 0 Å². The minimum absolute atomic E-state index is 0.556. The van der Waals surface area contributed by atoms with Crippen LogP contribution in [-0.4, -0.2) is 24.7 Å². The minimum Gasteiger partial charge on any atom is -0.490 e. The van der Waals surface area contributed by atoms with Crippen LogP contribution >= 0.6 is 23.5 Å². The molecule has 3 rings (SSSR count). The molecule has 0 saturated carbocycles. The average Bonchev–Trinajstić information content (AvgIpc) is 3.08. The number of hydrogen-bond donors (Lipinski definition) is 0. The van der Waals surface area contributed by atoms with Crippen LogP contribution in [0.5, 0.6) is 11.5 Å². The van der Waals surface area contributed by atoms with Crippen molar-refractivity contribution in [2.75, 3.05) is 24.7 Å². The van der Waals surface area contributed by atoms with Gasteiger partial charge in [-0.1, -0.05) is 30.3 Å². The Bertz CT molecular complexity index is 536. The van der Waals surface area contributed by atoms with Gasteiger partial charge in [0.1, 0.15) is 24.7 Å². The maximum Gasteiger partial charge on any atom is 0.122 e. The zero-order valence-electron chi connectivity index (χ0n) is 11.7. The lowest BCUT2D eigenvalue weighted by molar-refractivity contribution is 0.217. The second-order valence-corrected chi connectivity index (χ2v) is 7.38. The quantitative estimate of drug-likeness (QED) is 0.723. The summed E-state index contributed by atoms with van der Waals surface area (Å²) in [7, 11) is 0. The highest BCUT2D eigenvalue weighted by atomic mass is 32.2. The van der Waals surface area contributed by atoms with E-state index >= 15 is 0 Å². The number of rotatable bonds is 6. The smallest absolute Gasteiger partial charge is 0.122 e. The Morgan fingerprint density at radius 3 is 1.95 bits per heavy atom. The Morgan fingerprint density at radius 2 is 1.33 bits per heavy atom. The van der Waals surface area contributed by atoms with Crippen LogP contribution in [0.1, 0.15) is 10.1 Å². The molecule has 2 nitrogen and oxygen atoms in total. The second kappa shape index (κ2) is 7.66. The van der Waals surface area contributed by atoms with E-state index in [0.717, 1.165) is 11.5 Å². The Labute approximate surface area is 134 Å². The summed E-state index contributed by atoms with van der Waals surface area (Å²) in [6.45, 7) is 1.11. The van der Waals surface area contributed by atoms with Gasteiger partial charge in [-0.15, -0.1) is 23.5 Å². The van der Waals surface area contributed by atoms with E-state index in [9.17, 15) is 0 Å². The molecule has 1 fully saturated rings. The molecule has 2 aromatic carbocycles. The van der Waals surface area contributed by atoms with E-state index in [-0.39, 0.29) is 0 Å². The molecule has 1 aliphatic heterocycles. The van der Waals surface area contributed by atoms with Crippen molar-refractivity contribution >= 4 is 23.5 Å². The van der Waals surface area contributed by atoms with E-state index < -0.39 is 0 Å². The molecule has 0 unspecified atom stereocenters. The fraction of sp³-hybridized carbons (Fsp3) is 0.294. The van der Waals surface area contributed by atoms with Crippen LogP contribution in [-0.2, 0) is 0 Å². The summed E-state index contributed by atoms with van der Waals surface area (Å²) in [4.78, 5) is 0. The molecule has 1 heterocycles. The molecule has 1 aliphatic rings. The van der Waals surface area contributed by atoms with Crippen LogP contribution in [0.4, 0.5) is 0 Å². The Hall–Kier alpha value is -1.26. The van der Waals surface area contributed by atoms with Crippen LogP contribution in [0.3, 0.4) is 0 Å². The number of hydrogen-bond acceptors (Lipinski definition) is 4. The third-order valence-electron chi connectivity index (χ3n) is 3.14. The molecule has 21 heavy (non-hydrogen) atoms. The van der Waals surface area contributed by atoms with Crippen LogP contribution in [0.25, 0.3) is 0 Å². The standard InChI is InChI=1S/C17H18O2S2/c1-2-4-15(5-3-1)18-10-11-19-16-8-6-14(7-9-16)17-20-12-13-21-17/h1-9,17H,10-13H2. The van der Waals surface area contributed by atoms with Gasteiger partial charge >= 0.3 is 0 Å². The van der Waals surface area contributed by atoms with E-state index in [1.165, 1.54) is 17.1 Å². The van der Waals surface area contributed by atoms with Crippen LogP contribution in [0.2, 0.25) is 0 Å². The molecule has 2 aromatic rings. The maximum atomic E-state index is 5.71. The zero-order valence-corrected chi connectivity index (χ0v) is 13.4. The molecule has 1 saturated heterocycles. The van der Waals surface area contributed by atoms with Gasteiger partial charge in [0.15, 0.2) is 0 Å². The van der Waals surface area contributed by atoms with Gasteiger partial charge in [-0.05, 0) is 29.8 Å². The molecule has 0 spiro atoms. The number of ether oxygens (including phenoxy) is 2. The molecule has 0 aromatic heterocycles. The number of thioether (sulfide) groups is 2. The van der Waals surface area contributed by atoms with E-state index in [4.69, 9.17) is 9.47 Å². The van der Waals surface area contributed by atoms with Gasteiger partial charge in [0.25, 0.3) is 0 Å². The van der Waals surface area contributed by atoms with E-state index in [1.807, 2.05) is 53.9 Å². The summed E-state index contributed by atoms with van der Waals surface area (Å²) in [6.07, 6.45) is 0. The lowest BCUT2D eigenvalue weighted by Crippen LogP contribution is -2.08. The molecule has 110 valence electrons. The third-order valence-corrected chi connectivity index (χ3v) is 6.24. The van der Waals surface area contributed by atoms with E-state index in [2.05, 4.69) is 24.3 Å². The van der Waals surface area contributed by atoms with Crippen molar-refractivity contribution in [3.63, 3.8) is 0 Å². The summed E-state index contributed by atoms with van der Waals surface area (Å²) in [6, 6.07) is 18.3. The first-order valence-electron chi connectivity index (χ1n) is 7.06. The van der Waals surface area contributed by atoms with Gasteiger partial charge in [0, 0.05) is 11.5 Å². The van der Waals surface area contributed by atoms with Crippen molar-refractivity contribution in [1.82, 2.24) is 0 Å². The van der Waals surface area contributed by atoms with Crippen molar-refractivity contribution in [3.8, 4) is 11.5 Å². The maximum absolute atomic E-state index is 5.71. The summed E-state index contributed by atoms with van der Waals surface area (Å²) < 4.78 is 11.9. The van der Waals surface area contributed by atoms with Crippen molar-refractivity contribution in [2.24, 2.45) is 0 Å². The molecule has 0 bridgehead atoms. The third kappa shape index (κ3) is 4.35.